The second-order valence-corrected chi connectivity index (χ2v) is 4.18. The highest BCUT2D eigenvalue weighted by atomic mass is 16.3. The normalized spacial score (nSPS) is 12.8. The van der Waals surface area contributed by atoms with Gasteiger partial charge in [-0.05, 0) is 13.3 Å². The minimum Gasteiger partial charge on any atom is -0.396 e. The summed E-state index contributed by atoms with van der Waals surface area (Å²) in [4.78, 5) is 0. The molecule has 0 aromatic carbocycles. The zero-order valence-corrected chi connectivity index (χ0v) is 10.4. The largest absolute Gasteiger partial charge is 0.396 e. The number of aryl methyl sites for hydroxylation is 1. The van der Waals surface area contributed by atoms with Crippen molar-refractivity contribution in [3.63, 3.8) is 0 Å². The molecule has 2 heterocycles. The summed E-state index contributed by atoms with van der Waals surface area (Å²) in [6.07, 6.45) is 6.26. The molecule has 7 nitrogen and oxygen atoms in total. The molecule has 1 unspecified atom stereocenters. The molecule has 2 rings (SSSR count). The van der Waals surface area contributed by atoms with Crippen molar-refractivity contribution in [2.75, 3.05) is 6.61 Å². The molecule has 98 valence electrons. The van der Waals surface area contributed by atoms with Crippen LogP contribution >= 0.6 is 0 Å². The van der Waals surface area contributed by atoms with E-state index in [4.69, 9.17) is 5.11 Å². The molecule has 2 aromatic heterocycles. The van der Waals surface area contributed by atoms with Gasteiger partial charge in [0.15, 0.2) is 0 Å². The first kappa shape index (κ1) is 12.7. The van der Waals surface area contributed by atoms with Crippen LogP contribution in [0.25, 0.3) is 0 Å². The van der Waals surface area contributed by atoms with E-state index >= 15 is 0 Å². The van der Waals surface area contributed by atoms with Crippen LogP contribution in [0.5, 0.6) is 0 Å². The molecule has 0 radical (unpaired) electrons. The zero-order valence-electron chi connectivity index (χ0n) is 10.4. The van der Waals surface area contributed by atoms with Gasteiger partial charge in [-0.25, -0.2) is 0 Å². The van der Waals surface area contributed by atoms with Gasteiger partial charge in [0.05, 0.1) is 11.9 Å². The molecule has 0 saturated carbocycles. The van der Waals surface area contributed by atoms with Gasteiger partial charge in [0.1, 0.15) is 0 Å². The standard InChI is InChI=1S/C11H18N6O/c1-9(10-5-13-14-6-10)12-7-11-8-17(16-15-11)3-2-4-18/h5-6,8-9,12,18H,2-4,7H2,1H3,(H,13,14). The van der Waals surface area contributed by atoms with Gasteiger partial charge in [-0.3, -0.25) is 9.78 Å². The fourth-order valence-electron chi connectivity index (χ4n) is 1.63. The number of nitrogens with zero attached hydrogens (tertiary/aromatic N) is 4. The first-order valence-electron chi connectivity index (χ1n) is 6.01. The number of H-pyrrole nitrogens is 1. The first-order valence-corrected chi connectivity index (χ1v) is 6.01. The Morgan fingerprint density at radius 3 is 3.17 bits per heavy atom. The minimum absolute atomic E-state index is 0.172. The third kappa shape index (κ3) is 3.38. The van der Waals surface area contributed by atoms with Gasteiger partial charge in [0, 0.05) is 43.7 Å². The van der Waals surface area contributed by atoms with E-state index in [0.29, 0.717) is 19.5 Å². The van der Waals surface area contributed by atoms with Crippen molar-refractivity contribution in [1.82, 2.24) is 30.5 Å². The number of aliphatic hydroxyl groups is 1. The zero-order chi connectivity index (χ0) is 12.8. The molecule has 0 aliphatic carbocycles. The van der Waals surface area contributed by atoms with E-state index in [1.165, 1.54) is 0 Å². The number of aromatic nitrogens is 5. The van der Waals surface area contributed by atoms with Crippen LogP contribution in [0.2, 0.25) is 0 Å². The van der Waals surface area contributed by atoms with Crippen molar-refractivity contribution in [2.24, 2.45) is 0 Å². The summed E-state index contributed by atoms with van der Waals surface area (Å²) in [5.74, 6) is 0. The van der Waals surface area contributed by atoms with E-state index < -0.39 is 0 Å². The lowest BCUT2D eigenvalue weighted by atomic mass is 10.2. The van der Waals surface area contributed by atoms with Crippen molar-refractivity contribution < 1.29 is 5.11 Å². The van der Waals surface area contributed by atoms with Crippen LogP contribution in [0.3, 0.4) is 0 Å². The number of hydrogen-bond donors (Lipinski definition) is 3. The van der Waals surface area contributed by atoms with Crippen LogP contribution in [-0.2, 0) is 13.1 Å². The fourth-order valence-corrected chi connectivity index (χ4v) is 1.63. The van der Waals surface area contributed by atoms with E-state index in [1.807, 2.05) is 12.4 Å². The van der Waals surface area contributed by atoms with Crippen LogP contribution in [0.15, 0.2) is 18.6 Å². The number of aliphatic hydroxyl groups excluding tert-OH is 1. The summed E-state index contributed by atoms with van der Waals surface area (Å²) >= 11 is 0. The third-order valence-electron chi connectivity index (χ3n) is 2.74. The highest BCUT2D eigenvalue weighted by Gasteiger charge is 2.07. The Hall–Kier alpha value is -1.73. The van der Waals surface area contributed by atoms with E-state index in [1.54, 1.807) is 10.9 Å². The molecule has 0 saturated heterocycles. The number of nitrogens with one attached hydrogen (secondary N) is 2. The van der Waals surface area contributed by atoms with Gasteiger partial charge in [0.2, 0.25) is 0 Å². The average molecular weight is 250 g/mol. The second-order valence-electron chi connectivity index (χ2n) is 4.18. The molecule has 0 aliphatic rings. The molecule has 0 spiro atoms. The SMILES string of the molecule is CC(NCc1cn(CCCO)nn1)c1cn[nH]c1. The van der Waals surface area contributed by atoms with E-state index in [9.17, 15) is 0 Å². The van der Waals surface area contributed by atoms with Crippen molar-refractivity contribution >= 4 is 0 Å². The summed E-state index contributed by atoms with van der Waals surface area (Å²) in [6, 6.07) is 0.214. The maximum absolute atomic E-state index is 8.73. The van der Waals surface area contributed by atoms with Crippen LogP contribution in [0.1, 0.15) is 30.6 Å². The van der Waals surface area contributed by atoms with Crippen molar-refractivity contribution in [3.05, 3.63) is 29.8 Å². The lowest BCUT2D eigenvalue weighted by Gasteiger charge is -2.09. The number of rotatable bonds is 7. The minimum atomic E-state index is 0.172. The van der Waals surface area contributed by atoms with Gasteiger partial charge < -0.3 is 10.4 Å². The predicted octanol–water partition coefficient (Wildman–Crippen LogP) is 0.234. The molecular formula is C11H18N6O. The summed E-state index contributed by atoms with van der Waals surface area (Å²) in [5, 5.41) is 26.8. The van der Waals surface area contributed by atoms with Gasteiger partial charge in [-0.1, -0.05) is 5.21 Å². The molecule has 0 amide bonds. The Morgan fingerprint density at radius 2 is 2.44 bits per heavy atom. The van der Waals surface area contributed by atoms with Crippen LogP contribution in [0, 0.1) is 0 Å². The van der Waals surface area contributed by atoms with Crippen LogP contribution in [0.4, 0.5) is 0 Å². The van der Waals surface area contributed by atoms with Crippen LogP contribution < -0.4 is 5.32 Å². The van der Waals surface area contributed by atoms with Crippen molar-refractivity contribution in [1.29, 1.82) is 0 Å². The molecule has 7 heteroatoms. The van der Waals surface area contributed by atoms with Gasteiger partial charge in [0.25, 0.3) is 0 Å². The van der Waals surface area contributed by atoms with Crippen molar-refractivity contribution in [3.8, 4) is 0 Å². The Bertz CT molecular complexity index is 452. The average Bonchev–Trinajstić information content (AvgIpc) is 3.04. The molecule has 2 aromatic rings. The first-order chi connectivity index (χ1) is 8.79. The highest BCUT2D eigenvalue weighted by molar-refractivity contribution is 5.08. The summed E-state index contributed by atoms with van der Waals surface area (Å²) in [6.45, 7) is 3.60. The molecular weight excluding hydrogens is 232 g/mol. The Morgan fingerprint density at radius 1 is 1.56 bits per heavy atom. The lowest BCUT2D eigenvalue weighted by Crippen LogP contribution is -2.17. The number of aromatic amines is 1. The maximum atomic E-state index is 8.73. The van der Waals surface area contributed by atoms with Gasteiger partial charge in [-0.15, -0.1) is 5.10 Å². The number of hydrogen-bond acceptors (Lipinski definition) is 5. The maximum Gasteiger partial charge on any atom is 0.0965 e. The molecule has 0 aliphatic heterocycles. The second kappa shape index (κ2) is 6.27. The fraction of sp³-hybridized carbons (Fsp3) is 0.545. The quantitative estimate of drug-likeness (QED) is 0.654. The highest BCUT2D eigenvalue weighted by Crippen LogP contribution is 2.09. The Balaban J connectivity index is 1.81. The molecule has 3 N–H and O–H groups in total. The van der Waals surface area contributed by atoms with Gasteiger partial charge in [-0.2, -0.15) is 5.10 Å². The molecule has 0 fully saturated rings. The van der Waals surface area contributed by atoms with E-state index in [2.05, 4.69) is 32.7 Å². The van der Waals surface area contributed by atoms with Crippen molar-refractivity contribution in [2.45, 2.75) is 32.5 Å². The third-order valence-corrected chi connectivity index (χ3v) is 2.74. The monoisotopic (exact) mass is 250 g/mol. The molecule has 0 bridgehead atoms. The van der Waals surface area contributed by atoms with E-state index in [-0.39, 0.29) is 12.6 Å². The summed E-state index contributed by atoms with van der Waals surface area (Å²) < 4.78 is 1.75. The van der Waals surface area contributed by atoms with E-state index in [0.717, 1.165) is 11.3 Å². The topological polar surface area (TPSA) is 91.7 Å². The van der Waals surface area contributed by atoms with Crippen LogP contribution in [-0.4, -0.2) is 36.9 Å². The predicted molar refractivity (Wildman–Crippen MR) is 65.6 cm³/mol. The Labute approximate surface area is 105 Å². The summed E-state index contributed by atoms with van der Waals surface area (Å²) in [7, 11) is 0. The Kier molecular flexibility index (Phi) is 4.43. The summed E-state index contributed by atoms with van der Waals surface area (Å²) in [5.41, 5.74) is 2.01. The smallest absolute Gasteiger partial charge is 0.0965 e. The molecule has 18 heavy (non-hydrogen) atoms. The van der Waals surface area contributed by atoms with Gasteiger partial charge >= 0.3 is 0 Å². The lowest BCUT2D eigenvalue weighted by molar-refractivity contribution is 0.276. The molecule has 1 atom stereocenters.